The average molecular weight is 513 g/mol. The van der Waals surface area contributed by atoms with Gasteiger partial charge in [0.05, 0.1) is 0 Å². The first-order chi connectivity index (χ1) is 16.6. The lowest BCUT2D eigenvalue weighted by atomic mass is 10.1. The van der Waals surface area contributed by atoms with E-state index in [4.69, 9.17) is 0 Å². The van der Waals surface area contributed by atoms with Crippen molar-refractivity contribution in [3.63, 3.8) is 0 Å². The van der Waals surface area contributed by atoms with E-state index in [0.29, 0.717) is 5.25 Å². The Morgan fingerprint density at radius 3 is 2.00 bits per heavy atom. The number of hydrogen-bond acceptors (Lipinski definition) is 4. The molecular weight excluding hydrogens is 489 g/mol. The Labute approximate surface area is 217 Å². The molecule has 34 heavy (non-hydrogen) atoms. The second kappa shape index (κ2) is 9.35. The molecule has 1 aliphatic heterocycles. The third-order valence-corrected chi connectivity index (χ3v) is 11.0. The molecule has 5 aromatic rings. The zero-order valence-corrected chi connectivity index (χ0v) is 22.3. The van der Waals surface area contributed by atoms with Crippen molar-refractivity contribution in [3.8, 4) is 9.75 Å². The summed E-state index contributed by atoms with van der Waals surface area (Å²) in [6.45, 7) is 4.26. The van der Waals surface area contributed by atoms with E-state index in [2.05, 4.69) is 105 Å². The predicted molar refractivity (Wildman–Crippen MR) is 157 cm³/mol. The highest BCUT2D eigenvalue weighted by molar-refractivity contribution is 8.00. The maximum atomic E-state index is 2.41. The van der Waals surface area contributed by atoms with E-state index in [1.54, 1.807) is 0 Å². The molecule has 0 bridgehead atoms. The predicted octanol–water partition coefficient (Wildman–Crippen LogP) is 10.2. The molecule has 3 aromatic heterocycles. The highest BCUT2D eigenvalue weighted by atomic mass is 32.2. The molecule has 0 nitrogen and oxygen atoms in total. The topological polar surface area (TPSA) is 0 Å². The molecule has 4 heteroatoms. The summed E-state index contributed by atoms with van der Waals surface area (Å²) in [5.74, 6) is 0. The summed E-state index contributed by atoms with van der Waals surface area (Å²) >= 11 is 7.80. The van der Waals surface area contributed by atoms with Crippen molar-refractivity contribution in [1.29, 1.82) is 0 Å². The highest BCUT2D eigenvalue weighted by Gasteiger charge is 2.24. The van der Waals surface area contributed by atoms with Crippen molar-refractivity contribution < 1.29 is 0 Å². The molecular formula is C30H24S4. The van der Waals surface area contributed by atoms with Crippen LogP contribution in [0.1, 0.15) is 32.0 Å². The molecule has 0 amide bonds. The molecule has 0 radical (unpaired) electrons. The van der Waals surface area contributed by atoms with Gasteiger partial charge >= 0.3 is 0 Å². The minimum Gasteiger partial charge on any atom is -0.138 e. The summed E-state index contributed by atoms with van der Waals surface area (Å²) in [5, 5.41) is 0.548. The Morgan fingerprint density at radius 2 is 1.32 bits per heavy atom. The number of aryl methyl sites for hydroxylation is 2. The summed E-state index contributed by atoms with van der Waals surface area (Å²) in [5.41, 5.74) is 5.15. The number of rotatable bonds is 5. The van der Waals surface area contributed by atoms with Gasteiger partial charge in [-0.25, -0.2) is 0 Å². The van der Waals surface area contributed by atoms with Gasteiger partial charge in [0.25, 0.3) is 0 Å². The molecule has 168 valence electrons. The lowest BCUT2D eigenvalue weighted by Gasteiger charge is -2.02. The third-order valence-electron chi connectivity index (χ3n) is 6.00. The van der Waals surface area contributed by atoms with Gasteiger partial charge in [0.2, 0.25) is 0 Å². The normalized spacial score (nSPS) is 15.8. The van der Waals surface area contributed by atoms with Crippen LogP contribution in [0.5, 0.6) is 0 Å². The highest BCUT2D eigenvalue weighted by Crippen LogP contribution is 2.48. The minimum absolute atomic E-state index is 0.548. The first-order valence-electron chi connectivity index (χ1n) is 11.4. The van der Waals surface area contributed by atoms with Gasteiger partial charge in [0, 0.05) is 39.1 Å². The molecule has 4 heterocycles. The molecule has 0 N–H and O–H groups in total. The zero-order valence-electron chi connectivity index (χ0n) is 19.1. The SMILES string of the molecule is Cc1ccc(/C=C/c2cc3sc(-c4cc5c(s4)CC(/C=C/c4ccc(C)cc4)S5)cc3s2)cc1. The van der Waals surface area contributed by atoms with Gasteiger partial charge in [-0.1, -0.05) is 77.9 Å². The van der Waals surface area contributed by atoms with E-state index in [1.165, 1.54) is 56.1 Å². The molecule has 0 saturated heterocycles. The van der Waals surface area contributed by atoms with E-state index >= 15 is 0 Å². The number of fused-ring (bicyclic) bond motifs is 2. The van der Waals surface area contributed by atoms with Gasteiger partial charge in [0.15, 0.2) is 0 Å². The number of thiophene rings is 3. The first-order valence-corrected chi connectivity index (χ1v) is 14.7. The van der Waals surface area contributed by atoms with Crippen LogP contribution in [-0.2, 0) is 6.42 Å². The molecule has 1 aliphatic rings. The van der Waals surface area contributed by atoms with Crippen LogP contribution in [0.2, 0.25) is 0 Å². The molecule has 0 fully saturated rings. The van der Waals surface area contributed by atoms with Crippen LogP contribution < -0.4 is 0 Å². The van der Waals surface area contributed by atoms with E-state index in [1.807, 2.05) is 45.8 Å². The van der Waals surface area contributed by atoms with E-state index in [0.717, 1.165) is 6.42 Å². The van der Waals surface area contributed by atoms with Crippen molar-refractivity contribution in [1.82, 2.24) is 0 Å². The number of benzene rings is 2. The van der Waals surface area contributed by atoms with E-state index in [-0.39, 0.29) is 0 Å². The lowest BCUT2D eigenvalue weighted by molar-refractivity contribution is 1.07. The van der Waals surface area contributed by atoms with Crippen LogP contribution in [0.4, 0.5) is 0 Å². The summed E-state index contributed by atoms with van der Waals surface area (Å²) in [7, 11) is 0. The van der Waals surface area contributed by atoms with Crippen molar-refractivity contribution in [2.75, 3.05) is 0 Å². The van der Waals surface area contributed by atoms with Crippen molar-refractivity contribution >= 4 is 73.4 Å². The quantitative estimate of drug-likeness (QED) is 0.226. The smallest absolute Gasteiger partial charge is 0.0464 e. The Morgan fingerprint density at radius 1 is 0.676 bits per heavy atom. The van der Waals surface area contributed by atoms with Crippen LogP contribution in [0.15, 0.2) is 77.7 Å². The fraction of sp³-hybridized carbons (Fsp3) is 0.133. The Hall–Kier alpha value is -2.37. The van der Waals surface area contributed by atoms with E-state index < -0.39 is 0 Å². The molecule has 0 spiro atoms. The van der Waals surface area contributed by atoms with Gasteiger partial charge in [-0.15, -0.1) is 45.8 Å². The Kier molecular flexibility index (Phi) is 6.08. The van der Waals surface area contributed by atoms with Crippen LogP contribution in [0.25, 0.3) is 37.4 Å². The lowest BCUT2D eigenvalue weighted by Crippen LogP contribution is -1.94. The maximum Gasteiger partial charge on any atom is 0.0464 e. The molecule has 0 saturated carbocycles. The van der Waals surface area contributed by atoms with E-state index in [9.17, 15) is 0 Å². The van der Waals surface area contributed by atoms with Gasteiger partial charge < -0.3 is 0 Å². The van der Waals surface area contributed by atoms with Crippen LogP contribution in [0.3, 0.4) is 0 Å². The molecule has 2 aromatic carbocycles. The standard InChI is InChI=1S/C30H24S4/c1-19-3-7-21(8-4-19)11-13-23-15-25-27(31-23)17-29(33-25)30-18-28-26(34-30)16-24(32-28)14-12-22-9-5-20(2)6-10-22/h3-15,17-18,24H,16H2,1-2H3/b13-11+,14-12+. The first kappa shape index (κ1) is 22.1. The summed E-state index contributed by atoms with van der Waals surface area (Å²) in [4.78, 5) is 7.15. The second-order valence-corrected chi connectivity index (χ2v) is 13.4. The van der Waals surface area contributed by atoms with Gasteiger partial charge in [-0.3, -0.25) is 0 Å². The summed E-state index contributed by atoms with van der Waals surface area (Å²) in [6.07, 6.45) is 10.2. The number of thioether (sulfide) groups is 1. The third kappa shape index (κ3) is 4.73. The molecule has 1 atom stereocenters. The second-order valence-electron chi connectivity index (χ2n) is 8.76. The van der Waals surface area contributed by atoms with Crippen LogP contribution in [-0.4, -0.2) is 5.25 Å². The average Bonchev–Trinajstić information content (AvgIpc) is 3.57. The van der Waals surface area contributed by atoms with Gasteiger partial charge in [-0.05, 0) is 55.7 Å². The summed E-state index contributed by atoms with van der Waals surface area (Å²) < 4.78 is 2.78. The van der Waals surface area contributed by atoms with Crippen molar-refractivity contribution in [2.45, 2.75) is 30.4 Å². The largest absolute Gasteiger partial charge is 0.138 e. The van der Waals surface area contributed by atoms with Crippen LogP contribution >= 0.6 is 45.8 Å². The maximum absolute atomic E-state index is 2.41. The van der Waals surface area contributed by atoms with Gasteiger partial charge in [-0.2, -0.15) is 0 Å². The molecule has 6 rings (SSSR count). The molecule has 1 unspecified atom stereocenters. The summed E-state index contributed by atoms with van der Waals surface area (Å²) in [6, 6.07) is 24.6. The van der Waals surface area contributed by atoms with Gasteiger partial charge in [0.1, 0.15) is 0 Å². The minimum atomic E-state index is 0.548. The molecule has 0 aliphatic carbocycles. The fourth-order valence-corrected chi connectivity index (χ4v) is 9.16. The Bertz CT molecular complexity index is 1450. The Balaban J connectivity index is 1.14. The number of hydrogen-bond donors (Lipinski definition) is 0. The van der Waals surface area contributed by atoms with Crippen LogP contribution in [0, 0.1) is 13.8 Å². The fourth-order valence-electron chi connectivity index (χ4n) is 4.08. The zero-order chi connectivity index (χ0) is 23.1. The van der Waals surface area contributed by atoms with Crippen molar-refractivity contribution in [2.24, 2.45) is 0 Å². The monoisotopic (exact) mass is 512 g/mol. The van der Waals surface area contributed by atoms with Crippen molar-refractivity contribution in [3.05, 3.63) is 105 Å².